The van der Waals surface area contributed by atoms with Crippen molar-refractivity contribution < 1.29 is 18.7 Å². The number of carbonyl (C=O) groups is 1. The van der Waals surface area contributed by atoms with Gasteiger partial charge in [0.05, 0.1) is 6.61 Å². The molecule has 0 saturated carbocycles. The largest absolute Gasteiger partial charge is 0.494 e. The molecule has 28 heavy (non-hydrogen) atoms. The molecule has 1 aromatic heterocycles. The maximum Gasteiger partial charge on any atom is 0.267 e. The number of benzene rings is 2. The van der Waals surface area contributed by atoms with Crippen LogP contribution in [0.5, 0.6) is 11.5 Å². The summed E-state index contributed by atoms with van der Waals surface area (Å²) in [5.41, 5.74) is 0.829. The van der Waals surface area contributed by atoms with Crippen molar-refractivity contribution in [1.29, 1.82) is 0 Å². The van der Waals surface area contributed by atoms with E-state index < -0.39 is 6.10 Å². The van der Waals surface area contributed by atoms with E-state index in [1.807, 2.05) is 38.1 Å². The molecular weight excluding hydrogens is 381 g/mol. The van der Waals surface area contributed by atoms with Crippen molar-refractivity contribution >= 4 is 22.6 Å². The van der Waals surface area contributed by atoms with Crippen LogP contribution in [0.3, 0.4) is 0 Å². The minimum Gasteiger partial charge on any atom is -0.494 e. The van der Waals surface area contributed by atoms with Crippen molar-refractivity contribution in [1.82, 2.24) is 9.36 Å². The summed E-state index contributed by atoms with van der Waals surface area (Å²) in [4.78, 5) is 16.9. The molecule has 0 aliphatic heterocycles. The summed E-state index contributed by atoms with van der Waals surface area (Å²) in [5.74, 6) is 1.03. The summed E-state index contributed by atoms with van der Waals surface area (Å²) in [6, 6.07) is 13.0. The zero-order valence-corrected chi connectivity index (χ0v) is 16.3. The van der Waals surface area contributed by atoms with Gasteiger partial charge in [0.2, 0.25) is 5.13 Å². The summed E-state index contributed by atoms with van der Waals surface area (Å²) in [5, 5.41) is 3.11. The van der Waals surface area contributed by atoms with Crippen LogP contribution < -0.4 is 14.8 Å². The highest BCUT2D eigenvalue weighted by atomic mass is 32.1. The van der Waals surface area contributed by atoms with Crippen molar-refractivity contribution in [3.05, 3.63) is 54.3 Å². The third kappa shape index (κ3) is 5.04. The maximum absolute atomic E-state index is 13.0. The molecule has 146 valence electrons. The monoisotopic (exact) mass is 401 g/mol. The number of hydrogen-bond acceptors (Lipinski definition) is 6. The van der Waals surface area contributed by atoms with E-state index in [1.165, 1.54) is 24.3 Å². The number of aromatic nitrogens is 2. The molecule has 8 heteroatoms. The van der Waals surface area contributed by atoms with Crippen LogP contribution in [0.25, 0.3) is 11.4 Å². The van der Waals surface area contributed by atoms with Crippen LogP contribution in [0.2, 0.25) is 0 Å². The predicted octanol–water partition coefficient (Wildman–Crippen LogP) is 4.54. The molecule has 0 saturated heterocycles. The maximum atomic E-state index is 13.0. The number of carbonyl (C=O) groups excluding carboxylic acids is 1. The summed E-state index contributed by atoms with van der Waals surface area (Å²) >= 11 is 1.09. The highest BCUT2D eigenvalue weighted by molar-refractivity contribution is 7.10. The molecule has 0 spiro atoms. The second-order valence-electron chi connectivity index (χ2n) is 5.84. The summed E-state index contributed by atoms with van der Waals surface area (Å²) < 4.78 is 28.3. The van der Waals surface area contributed by atoms with Gasteiger partial charge < -0.3 is 9.47 Å². The minimum absolute atomic E-state index is 0.332. The quantitative estimate of drug-likeness (QED) is 0.600. The number of nitrogens with one attached hydrogen (secondary N) is 1. The average molecular weight is 401 g/mol. The van der Waals surface area contributed by atoms with Crippen molar-refractivity contribution in [2.75, 3.05) is 11.9 Å². The predicted molar refractivity (Wildman–Crippen MR) is 106 cm³/mol. The Morgan fingerprint density at radius 2 is 1.79 bits per heavy atom. The first-order chi connectivity index (χ1) is 13.6. The van der Waals surface area contributed by atoms with Crippen LogP contribution in [-0.4, -0.2) is 28.0 Å². The van der Waals surface area contributed by atoms with Gasteiger partial charge in [0.25, 0.3) is 5.91 Å². The standard InChI is InChI=1S/C20H20FN3O3S/c1-3-17(27-16-11-7-14(21)8-12-16)19(25)23-20-22-18(24-28-20)13-5-9-15(10-6-13)26-4-2/h5-12,17H,3-4H2,1-2H3,(H,22,23,24,25). The van der Waals surface area contributed by atoms with Gasteiger partial charge in [-0.2, -0.15) is 9.36 Å². The molecule has 0 aliphatic rings. The van der Waals surface area contributed by atoms with Gasteiger partial charge in [-0.1, -0.05) is 6.92 Å². The zero-order chi connectivity index (χ0) is 19.9. The number of nitrogens with zero attached hydrogens (tertiary/aromatic N) is 2. The Bertz CT molecular complexity index is 913. The van der Waals surface area contributed by atoms with Crippen molar-refractivity contribution in [2.45, 2.75) is 26.4 Å². The average Bonchev–Trinajstić information content (AvgIpc) is 3.16. The van der Waals surface area contributed by atoms with Gasteiger partial charge in [-0.25, -0.2) is 4.39 Å². The van der Waals surface area contributed by atoms with Gasteiger partial charge >= 0.3 is 0 Å². The lowest BCUT2D eigenvalue weighted by Crippen LogP contribution is -2.32. The molecule has 1 atom stereocenters. The molecule has 0 radical (unpaired) electrons. The van der Waals surface area contributed by atoms with Crippen molar-refractivity contribution in [3.63, 3.8) is 0 Å². The molecule has 3 aromatic rings. The molecule has 0 bridgehead atoms. The molecule has 1 amide bonds. The Balaban J connectivity index is 1.64. The van der Waals surface area contributed by atoms with Crippen LogP contribution in [0, 0.1) is 5.82 Å². The molecule has 2 aromatic carbocycles. The number of anilines is 1. The molecule has 1 unspecified atom stereocenters. The van der Waals surface area contributed by atoms with Gasteiger partial charge in [-0.05, 0) is 61.9 Å². The van der Waals surface area contributed by atoms with E-state index in [0.717, 1.165) is 22.8 Å². The number of ether oxygens (including phenoxy) is 2. The number of hydrogen-bond donors (Lipinski definition) is 1. The lowest BCUT2D eigenvalue weighted by molar-refractivity contribution is -0.122. The number of rotatable bonds is 8. The second-order valence-corrected chi connectivity index (χ2v) is 6.59. The Morgan fingerprint density at radius 1 is 1.11 bits per heavy atom. The Labute approximate surface area is 166 Å². The highest BCUT2D eigenvalue weighted by Crippen LogP contribution is 2.24. The Kier molecular flexibility index (Phi) is 6.54. The first-order valence-electron chi connectivity index (χ1n) is 8.89. The Morgan fingerprint density at radius 3 is 2.43 bits per heavy atom. The molecule has 1 N–H and O–H groups in total. The molecule has 0 fully saturated rings. The Hall–Kier alpha value is -3.00. The number of halogens is 1. The van der Waals surface area contributed by atoms with E-state index in [1.54, 1.807) is 0 Å². The van der Waals surface area contributed by atoms with Crippen molar-refractivity contribution in [3.8, 4) is 22.9 Å². The fourth-order valence-corrected chi connectivity index (χ4v) is 3.04. The van der Waals surface area contributed by atoms with Gasteiger partial charge in [0.15, 0.2) is 11.9 Å². The molecule has 1 heterocycles. The normalized spacial score (nSPS) is 11.7. The summed E-state index contributed by atoms with van der Waals surface area (Å²) in [6.45, 7) is 4.36. The fraction of sp³-hybridized carbons (Fsp3) is 0.250. The fourth-order valence-electron chi connectivity index (χ4n) is 2.44. The van der Waals surface area contributed by atoms with E-state index in [2.05, 4.69) is 14.7 Å². The van der Waals surface area contributed by atoms with E-state index in [-0.39, 0.29) is 11.7 Å². The molecule has 0 aliphatic carbocycles. The van der Waals surface area contributed by atoms with Gasteiger partial charge in [-0.3, -0.25) is 10.1 Å². The topological polar surface area (TPSA) is 73.3 Å². The van der Waals surface area contributed by atoms with Crippen LogP contribution in [-0.2, 0) is 4.79 Å². The summed E-state index contributed by atoms with van der Waals surface area (Å²) in [7, 11) is 0. The van der Waals surface area contributed by atoms with Crippen LogP contribution in [0.4, 0.5) is 9.52 Å². The molecular formula is C20H20FN3O3S. The lowest BCUT2D eigenvalue weighted by atomic mass is 10.2. The van der Waals surface area contributed by atoms with Crippen LogP contribution in [0.15, 0.2) is 48.5 Å². The molecule has 6 nitrogen and oxygen atoms in total. The first kappa shape index (κ1) is 19.8. The van der Waals surface area contributed by atoms with E-state index in [9.17, 15) is 9.18 Å². The molecule has 3 rings (SSSR count). The highest BCUT2D eigenvalue weighted by Gasteiger charge is 2.20. The smallest absolute Gasteiger partial charge is 0.267 e. The van der Waals surface area contributed by atoms with Gasteiger partial charge in [-0.15, -0.1) is 0 Å². The van der Waals surface area contributed by atoms with E-state index >= 15 is 0 Å². The SMILES string of the molecule is CCOc1ccc(-c2nsc(NC(=O)C(CC)Oc3ccc(F)cc3)n2)cc1. The van der Waals surface area contributed by atoms with E-state index in [4.69, 9.17) is 9.47 Å². The third-order valence-electron chi connectivity index (χ3n) is 3.83. The van der Waals surface area contributed by atoms with Crippen LogP contribution in [0.1, 0.15) is 20.3 Å². The number of amides is 1. The van der Waals surface area contributed by atoms with Crippen molar-refractivity contribution in [2.24, 2.45) is 0 Å². The zero-order valence-electron chi connectivity index (χ0n) is 15.5. The summed E-state index contributed by atoms with van der Waals surface area (Å²) in [6.07, 6.45) is -0.267. The van der Waals surface area contributed by atoms with E-state index in [0.29, 0.717) is 29.7 Å². The third-order valence-corrected chi connectivity index (χ3v) is 4.47. The van der Waals surface area contributed by atoms with Gasteiger partial charge in [0, 0.05) is 17.1 Å². The van der Waals surface area contributed by atoms with Gasteiger partial charge in [0.1, 0.15) is 17.3 Å². The second kappa shape index (κ2) is 9.27. The first-order valence-corrected chi connectivity index (χ1v) is 9.66. The minimum atomic E-state index is -0.719. The lowest BCUT2D eigenvalue weighted by Gasteiger charge is -2.16. The van der Waals surface area contributed by atoms with Crippen LogP contribution >= 0.6 is 11.5 Å².